The number of nitrogens with two attached hydrogens (primary N) is 2. The Morgan fingerprint density at radius 3 is 2.08 bits per heavy atom. The Morgan fingerprint density at radius 2 is 1.61 bits per heavy atom. The number of carbonyl (C=O) groups excluding carboxylic acids is 2. The molecule has 3 aliphatic rings. The summed E-state index contributed by atoms with van der Waals surface area (Å²) in [5.74, 6) is -0.522. The molecular weight excluding hydrogens is 473 g/mol. The highest BCUT2D eigenvalue weighted by Gasteiger charge is 2.58. The van der Waals surface area contributed by atoms with Crippen LogP contribution < -0.4 is 21.1 Å². The van der Waals surface area contributed by atoms with E-state index in [-0.39, 0.29) is 17.8 Å². The fourth-order valence-electron chi connectivity index (χ4n) is 4.91. The number of allylic oxidation sites excluding steroid dienone is 1. The molecule has 0 aromatic heterocycles. The van der Waals surface area contributed by atoms with E-state index in [0.29, 0.717) is 42.8 Å². The average Bonchev–Trinajstić information content (AvgIpc) is 3.77. The van der Waals surface area contributed by atoms with Crippen LogP contribution in [0.1, 0.15) is 31.2 Å². The second kappa shape index (κ2) is 8.11. The third-order valence-corrected chi connectivity index (χ3v) is 7.37. The minimum Gasteiger partial charge on any atom is -0.497 e. The number of methoxy groups -OCH3 is 1. The second-order valence-electron chi connectivity index (χ2n) is 9.61. The van der Waals surface area contributed by atoms with Gasteiger partial charge in [0.1, 0.15) is 17.2 Å². The number of aliphatic imine (C=N–C) groups is 1. The van der Waals surface area contributed by atoms with Gasteiger partial charge in [-0.3, -0.25) is 9.59 Å². The zero-order chi connectivity index (χ0) is 25.9. The number of rotatable bonds is 5. The molecule has 1 spiro atoms. The predicted octanol–water partition coefficient (Wildman–Crippen LogP) is 3.89. The summed E-state index contributed by atoms with van der Waals surface area (Å²) in [7, 11) is 1.49. The van der Waals surface area contributed by atoms with E-state index in [0.717, 1.165) is 5.56 Å². The maximum absolute atomic E-state index is 13.8. The average molecular weight is 499 g/mol. The van der Waals surface area contributed by atoms with E-state index >= 15 is 0 Å². The Kier molecular flexibility index (Phi) is 5.38. The van der Waals surface area contributed by atoms with Gasteiger partial charge in [-0.05, 0) is 67.6 Å². The van der Waals surface area contributed by atoms with Crippen LogP contribution in [0, 0.1) is 5.41 Å². The molecule has 1 heterocycles. The molecule has 2 saturated carbocycles. The van der Waals surface area contributed by atoms with Crippen molar-refractivity contribution in [2.45, 2.75) is 37.3 Å². The minimum absolute atomic E-state index is 0.0554. The summed E-state index contributed by atoms with van der Waals surface area (Å²) < 4.78 is 46.4. The Morgan fingerprint density at radius 1 is 1.00 bits per heavy atom. The van der Waals surface area contributed by atoms with Crippen molar-refractivity contribution in [3.8, 4) is 5.75 Å². The van der Waals surface area contributed by atoms with Crippen molar-refractivity contribution in [2.24, 2.45) is 21.9 Å². The van der Waals surface area contributed by atoms with E-state index in [9.17, 15) is 22.8 Å². The summed E-state index contributed by atoms with van der Waals surface area (Å²) in [5, 5.41) is 0. The van der Waals surface area contributed by atoms with Crippen molar-refractivity contribution in [3.63, 3.8) is 0 Å². The highest BCUT2D eigenvalue weighted by atomic mass is 19.4. The van der Waals surface area contributed by atoms with Gasteiger partial charge in [-0.15, -0.1) is 0 Å². The topological polar surface area (TPSA) is 111 Å². The van der Waals surface area contributed by atoms with Gasteiger partial charge in [0.05, 0.1) is 18.2 Å². The van der Waals surface area contributed by atoms with Gasteiger partial charge >= 0.3 is 6.18 Å². The summed E-state index contributed by atoms with van der Waals surface area (Å²) in [6.07, 6.45) is -2.57. The molecule has 2 aliphatic carbocycles. The minimum atomic E-state index is -4.80. The summed E-state index contributed by atoms with van der Waals surface area (Å²) in [6.45, 7) is 0.0554. The lowest BCUT2D eigenvalue weighted by atomic mass is 9.84. The standard InChI is InChI=1S/C26H25F3N4O3/c1-36-18-8-4-16(5-9-18)32-20-19(21(30)26(27,28)29)24(10-11-24)14-33(22(20)34)17-6-2-15(3-7-17)25(12-13-25)23(31)35/h2-9H,10-14,30H2,1H3,(H2,31,35). The molecule has 10 heteroatoms. The summed E-state index contributed by atoms with van der Waals surface area (Å²) in [5.41, 5.74) is 9.30. The van der Waals surface area contributed by atoms with Crippen molar-refractivity contribution >= 4 is 28.9 Å². The van der Waals surface area contributed by atoms with Crippen LogP contribution in [0.25, 0.3) is 0 Å². The number of benzene rings is 2. The van der Waals surface area contributed by atoms with Crippen LogP contribution in [-0.2, 0) is 15.0 Å². The van der Waals surface area contributed by atoms with Gasteiger partial charge in [0.2, 0.25) is 5.91 Å². The van der Waals surface area contributed by atoms with E-state index in [1.54, 1.807) is 48.5 Å². The van der Waals surface area contributed by atoms with Crippen LogP contribution in [0.2, 0.25) is 0 Å². The fourth-order valence-corrected chi connectivity index (χ4v) is 4.91. The molecule has 2 aromatic rings. The zero-order valence-corrected chi connectivity index (χ0v) is 19.6. The lowest BCUT2D eigenvalue weighted by Crippen LogP contribution is -2.50. The van der Waals surface area contributed by atoms with Crippen LogP contribution in [0.4, 0.5) is 24.5 Å². The Balaban J connectivity index is 1.58. The van der Waals surface area contributed by atoms with Crippen LogP contribution in [0.15, 0.2) is 64.8 Å². The molecule has 0 atom stereocenters. The second-order valence-corrected chi connectivity index (χ2v) is 9.61. The number of hydrogen-bond donors (Lipinski definition) is 2. The van der Waals surface area contributed by atoms with Crippen molar-refractivity contribution in [2.75, 3.05) is 18.6 Å². The number of ether oxygens (including phenoxy) is 1. The van der Waals surface area contributed by atoms with Gasteiger partial charge in [-0.1, -0.05) is 12.1 Å². The van der Waals surface area contributed by atoms with Crippen molar-refractivity contribution < 1.29 is 27.5 Å². The van der Waals surface area contributed by atoms with Gasteiger partial charge in [-0.2, -0.15) is 13.2 Å². The Hall–Kier alpha value is -3.82. The number of nitrogens with zero attached hydrogens (tertiary/aromatic N) is 2. The van der Waals surface area contributed by atoms with Crippen LogP contribution in [0.5, 0.6) is 5.75 Å². The molecule has 1 aliphatic heterocycles. The largest absolute Gasteiger partial charge is 0.497 e. The number of carbonyl (C=O) groups is 2. The molecule has 4 N–H and O–H groups in total. The molecule has 3 fully saturated rings. The van der Waals surface area contributed by atoms with Crippen LogP contribution >= 0.6 is 0 Å². The lowest BCUT2D eigenvalue weighted by Gasteiger charge is -2.37. The number of piperidine rings is 1. The number of primary amides is 1. The summed E-state index contributed by atoms with van der Waals surface area (Å²) in [4.78, 5) is 31.3. The monoisotopic (exact) mass is 498 g/mol. The number of alkyl halides is 3. The van der Waals surface area contributed by atoms with Gasteiger partial charge < -0.3 is 21.1 Å². The van der Waals surface area contributed by atoms with E-state index in [1.807, 2.05) is 0 Å². The van der Waals surface area contributed by atoms with E-state index in [2.05, 4.69) is 4.99 Å². The SMILES string of the molecule is COc1ccc(N=C2C(=O)N(c3ccc(C4(C(N)=O)CC4)cc3)CC3(CC3)C2=C(N)C(F)(F)F)cc1. The first-order valence-corrected chi connectivity index (χ1v) is 11.5. The fraction of sp³-hybridized carbons (Fsp3) is 0.346. The van der Waals surface area contributed by atoms with Crippen LogP contribution in [-0.4, -0.2) is 37.4 Å². The van der Waals surface area contributed by atoms with Gasteiger partial charge in [0, 0.05) is 23.2 Å². The molecule has 0 radical (unpaired) electrons. The third-order valence-electron chi connectivity index (χ3n) is 7.37. The summed E-state index contributed by atoms with van der Waals surface area (Å²) >= 11 is 0. The molecule has 0 bridgehead atoms. The molecule has 1 saturated heterocycles. The van der Waals surface area contributed by atoms with E-state index < -0.39 is 34.5 Å². The molecule has 2 amide bonds. The molecule has 5 rings (SSSR count). The number of amides is 2. The van der Waals surface area contributed by atoms with Crippen molar-refractivity contribution in [1.29, 1.82) is 0 Å². The highest BCUT2D eigenvalue weighted by Crippen LogP contribution is 2.57. The number of halogens is 3. The maximum atomic E-state index is 13.8. The van der Waals surface area contributed by atoms with Crippen molar-refractivity contribution in [1.82, 2.24) is 0 Å². The number of anilines is 1. The smallest absolute Gasteiger partial charge is 0.431 e. The molecule has 0 unspecified atom stereocenters. The first-order chi connectivity index (χ1) is 17.0. The first kappa shape index (κ1) is 23.9. The first-order valence-electron chi connectivity index (χ1n) is 11.5. The zero-order valence-electron chi connectivity index (χ0n) is 19.6. The van der Waals surface area contributed by atoms with E-state index in [1.165, 1.54) is 12.0 Å². The molecular formula is C26H25F3N4O3. The van der Waals surface area contributed by atoms with Crippen molar-refractivity contribution in [3.05, 3.63) is 65.4 Å². The Bertz CT molecular complexity index is 1290. The Labute approximate surface area is 205 Å². The maximum Gasteiger partial charge on any atom is 0.431 e. The molecule has 36 heavy (non-hydrogen) atoms. The van der Waals surface area contributed by atoms with Gasteiger partial charge in [0.25, 0.3) is 5.91 Å². The molecule has 188 valence electrons. The van der Waals surface area contributed by atoms with Gasteiger partial charge in [-0.25, -0.2) is 4.99 Å². The quantitative estimate of drug-likeness (QED) is 0.652. The summed E-state index contributed by atoms with van der Waals surface area (Å²) in [6, 6.07) is 13.2. The number of hydrogen-bond acceptors (Lipinski definition) is 5. The normalized spacial score (nSPS) is 22.5. The highest BCUT2D eigenvalue weighted by molar-refractivity contribution is 6.51. The molecule has 2 aromatic carbocycles. The third kappa shape index (κ3) is 3.90. The molecule has 7 nitrogen and oxygen atoms in total. The lowest BCUT2D eigenvalue weighted by molar-refractivity contribution is -0.120. The van der Waals surface area contributed by atoms with E-state index in [4.69, 9.17) is 16.2 Å². The van der Waals surface area contributed by atoms with Crippen LogP contribution in [0.3, 0.4) is 0 Å². The van der Waals surface area contributed by atoms with Gasteiger partial charge in [0.15, 0.2) is 0 Å². The predicted molar refractivity (Wildman–Crippen MR) is 128 cm³/mol.